The fourth-order valence-electron chi connectivity index (χ4n) is 4.82. The fraction of sp³-hybridized carbons (Fsp3) is 0.500. The topological polar surface area (TPSA) is 94.1 Å². The number of piperazine rings is 1. The number of pyridine rings is 1. The van der Waals surface area contributed by atoms with E-state index in [1.165, 1.54) is 0 Å². The predicted octanol–water partition coefficient (Wildman–Crippen LogP) is 1.89. The van der Waals surface area contributed by atoms with E-state index in [2.05, 4.69) is 37.3 Å². The highest BCUT2D eigenvalue weighted by Crippen LogP contribution is 2.36. The molecule has 0 bridgehead atoms. The van der Waals surface area contributed by atoms with Crippen molar-refractivity contribution in [2.45, 2.75) is 44.2 Å². The van der Waals surface area contributed by atoms with E-state index < -0.39 is 0 Å². The van der Waals surface area contributed by atoms with Crippen LogP contribution in [0, 0.1) is 0 Å². The molecule has 3 aromatic rings. The van der Waals surface area contributed by atoms with Gasteiger partial charge in [-0.2, -0.15) is 0 Å². The van der Waals surface area contributed by atoms with Crippen molar-refractivity contribution in [2.75, 3.05) is 26.2 Å². The molecule has 0 spiro atoms. The second kappa shape index (κ2) is 7.82. The number of nitrogens with zero attached hydrogens (tertiary/aromatic N) is 3. The molecule has 7 nitrogen and oxygen atoms in total. The number of aliphatic hydroxyl groups is 1. The predicted molar refractivity (Wildman–Crippen MR) is 113 cm³/mol. The third kappa shape index (κ3) is 3.66. The smallest absolute Gasteiger partial charge is 0.257 e. The molecule has 3 heterocycles. The SMILES string of the molecule is O=c1[nH]c2ncnc(C3CCC(O)CC3)c2c2ccc(CN3CCNCC3)cc12. The van der Waals surface area contributed by atoms with Crippen LogP contribution in [0.2, 0.25) is 0 Å². The number of hydrogen-bond acceptors (Lipinski definition) is 6. The van der Waals surface area contributed by atoms with Crippen molar-refractivity contribution in [1.82, 2.24) is 25.2 Å². The molecule has 2 fully saturated rings. The maximum absolute atomic E-state index is 12.8. The zero-order valence-electron chi connectivity index (χ0n) is 16.5. The lowest BCUT2D eigenvalue weighted by molar-refractivity contribution is 0.122. The van der Waals surface area contributed by atoms with Crippen LogP contribution in [0.15, 0.2) is 29.3 Å². The van der Waals surface area contributed by atoms with Crippen molar-refractivity contribution >= 4 is 21.8 Å². The number of benzene rings is 1. The Bertz CT molecular complexity index is 1080. The van der Waals surface area contributed by atoms with Crippen molar-refractivity contribution in [2.24, 2.45) is 0 Å². The monoisotopic (exact) mass is 393 g/mol. The van der Waals surface area contributed by atoms with Gasteiger partial charge in [0.25, 0.3) is 5.56 Å². The van der Waals surface area contributed by atoms with Crippen LogP contribution >= 0.6 is 0 Å². The van der Waals surface area contributed by atoms with Crippen molar-refractivity contribution in [1.29, 1.82) is 0 Å². The molecule has 3 N–H and O–H groups in total. The van der Waals surface area contributed by atoms with Crippen molar-refractivity contribution in [3.05, 3.63) is 46.1 Å². The normalized spacial score (nSPS) is 23.6. The lowest BCUT2D eigenvalue weighted by Crippen LogP contribution is -2.42. The number of rotatable bonds is 3. The van der Waals surface area contributed by atoms with Crippen LogP contribution in [-0.2, 0) is 6.54 Å². The first-order valence-electron chi connectivity index (χ1n) is 10.6. The zero-order chi connectivity index (χ0) is 19.8. The molecule has 1 aliphatic carbocycles. The van der Waals surface area contributed by atoms with Crippen molar-refractivity contribution in [3.63, 3.8) is 0 Å². The van der Waals surface area contributed by atoms with Gasteiger partial charge in [0.15, 0.2) is 0 Å². The third-order valence-electron chi connectivity index (χ3n) is 6.41. The number of H-pyrrole nitrogens is 1. The molecule has 0 atom stereocenters. The number of hydrogen-bond donors (Lipinski definition) is 3. The number of aliphatic hydroxyl groups excluding tert-OH is 1. The Kier molecular flexibility index (Phi) is 5.03. The minimum absolute atomic E-state index is 0.0987. The summed E-state index contributed by atoms with van der Waals surface area (Å²) in [6.07, 6.45) is 4.76. The highest BCUT2D eigenvalue weighted by Gasteiger charge is 2.25. The average Bonchev–Trinajstić information content (AvgIpc) is 2.75. The van der Waals surface area contributed by atoms with E-state index in [0.717, 1.165) is 80.4 Å². The Balaban J connectivity index is 1.58. The van der Waals surface area contributed by atoms with Crippen molar-refractivity contribution < 1.29 is 5.11 Å². The van der Waals surface area contributed by atoms with Gasteiger partial charge in [-0.15, -0.1) is 0 Å². The zero-order valence-corrected chi connectivity index (χ0v) is 16.5. The van der Waals surface area contributed by atoms with Gasteiger partial charge in [0.1, 0.15) is 12.0 Å². The largest absolute Gasteiger partial charge is 0.393 e. The minimum atomic E-state index is -0.205. The quantitative estimate of drug-likeness (QED) is 0.589. The molecule has 152 valence electrons. The Morgan fingerprint density at radius 1 is 1.07 bits per heavy atom. The van der Waals surface area contributed by atoms with Gasteiger partial charge < -0.3 is 15.4 Å². The van der Waals surface area contributed by atoms with E-state index in [9.17, 15) is 9.90 Å². The van der Waals surface area contributed by atoms with Gasteiger partial charge >= 0.3 is 0 Å². The van der Waals surface area contributed by atoms with Gasteiger partial charge in [-0.05, 0) is 42.7 Å². The lowest BCUT2D eigenvalue weighted by atomic mass is 9.83. The minimum Gasteiger partial charge on any atom is -0.393 e. The van der Waals surface area contributed by atoms with E-state index in [1.54, 1.807) is 6.33 Å². The first-order valence-corrected chi connectivity index (χ1v) is 10.6. The number of fused-ring (bicyclic) bond motifs is 3. The number of nitrogens with one attached hydrogen (secondary N) is 2. The summed E-state index contributed by atoms with van der Waals surface area (Å²) in [4.78, 5) is 27.1. The summed E-state index contributed by atoms with van der Waals surface area (Å²) < 4.78 is 0. The number of aromatic nitrogens is 3. The molecule has 7 heteroatoms. The highest BCUT2D eigenvalue weighted by molar-refractivity contribution is 6.05. The van der Waals surface area contributed by atoms with E-state index in [-0.39, 0.29) is 11.7 Å². The summed E-state index contributed by atoms with van der Waals surface area (Å²) in [5, 5.41) is 15.8. The lowest BCUT2D eigenvalue weighted by Gasteiger charge is -2.27. The van der Waals surface area contributed by atoms with Crippen molar-refractivity contribution in [3.8, 4) is 0 Å². The van der Waals surface area contributed by atoms with E-state index >= 15 is 0 Å². The molecule has 0 unspecified atom stereocenters. The first-order chi connectivity index (χ1) is 14.2. The molecule has 0 radical (unpaired) electrons. The molecule has 2 aliphatic rings. The van der Waals surface area contributed by atoms with Crippen LogP contribution in [-0.4, -0.2) is 57.2 Å². The van der Waals surface area contributed by atoms with Crippen LogP contribution in [0.5, 0.6) is 0 Å². The van der Waals surface area contributed by atoms with Gasteiger partial charge in [-0.1, -0.05) is 12.1 Å². The molecular formula is C22H27N5O2. The molecule has 0 amide bonds. The summed E-state index contributed by atoms with van der Waals surface area (Å²) in [6, 6.07) is 6.22. The first kappa shape index (κ1) is 18.7. The van der Waals surface area contributed by atoms with Crippen LogP contribution in [0.1, 0.15) is 42.9 Å². The van der Waals surface area contributed by atoms with Crippen LogP contribution in [0.3, 0.4) is 0 Å². The molecule has 1 aliphatic heterocycles. The van der Waals surface area contributed by atoms with Gasteiger partial charge in [0.2, 0.25) is 0 Å². The van der Waals surface area contributed by atoms with Crippen LogP contribution in [0.4, 0.5) is 0 Å². The third-order valence-corrected chi connectivity index (χ3v) is 6.41. The summed E-state index contributed by atoms with van der Waals surface area (Å²) in [7, 11) is 0. The summed E-state index contributed by atoms with van der Waals surface area (Å²) in [6.45, 7) is 4.92. The Morgan fingerprint density at radius 2 is 1.86 bits per heavy atom. The molecule has 5 rings (SSSR count). The van der Waals surface area contributed by atoms with E-state index in [0.29, 0.717) is 17.0 Å². The maximum Gasteiger partial charge on any atom is 0.257 e. The summed E-state index contributed by atoms with van der Waals surface area (Å²) >= 11 is 0. The van der Waals surface area contributed by atoms with Crippen LogP contribution in [0.25, 0.3) is 21.8 Å². The molecule has 2 aromatic heterocycles. The second-order valence-electron chi connectivity index (χ2n) is 8.35. The Hall–Kier alpha value is -2.35. The highest BCUT2D eigenvalue weighted by atomic mass is 16.3. The maximum atomic E-state index is 12.8. The summed E-state index contributed by atoms with van der Waals surface area (Å²) in [5.74, 6) is 0.290. The molecule has 1 saturated heterocycles. The standard InChI is InChI=1S/C22H27N5O2/c28-16-4-2-15(3-5-16)20-19-17-6-1-14(12-27-9-7-23-8-10-27)11-18(17)22(29)26-21(19)25-13-24-20/h1,6,11,13,15-16,23,28H,2-5,7-10,12H2,(H,24,25,26,29). The Labute approximate surface area is 169 Å². The molecular weight excluding hydrogens is 366 g/mol. The number of aromatic amines is 1. The molecule has 1 saturated carbocycles. The van der Waals surface area contributed by atoms with Crippen LogP contribution < -0.4 is 10.9 Å². The van der Waals surface area contributed by atoms with Gasteiger partial charge in [0, 0.05) is 49.4 Å². The average molecular weight is 393 g/mol. The fourth-order valence-corrected chi connectivity index (χ4v) is 4.82. The summed E-state index contributed by atoms with van der Waals surface area (Å²) in [5.41, 5.74) is 2.66. The van der Waals surface area contributed by atoms with E-state index in [4.69, 9.17) is 0 Å². The molecule has 1 aromatic carbocycles. The Morgan fingerprint density at radius 3 is 2.66 bits per heavy atom. The molecule has 29 heavy (non-hydrogen) atoms. The van der Waals surface area contributed by atoms with Gasteiger partial charge in [-0.25, -0.2) is 9.97 Å². The van der Waals surface area contributed by atoms with Gasteiger partial charge in [-0.3, -0.25) is 9.69 Å². The second-order valence-corrected chi connectivity index (χ2v) is 8.35. The van der Waals surface area contributed by atoms with Gasteiger partial charge in [0.05, 0.1) is 11.8 Å². The van der Waals surface area contributed by atoms with E-state index in [1.807, 2.05) is 6.07 Å².